The van der Waals surface area contributed by atoms with Crippen molar-refractivity contribution in [3.05, 3.63) is 41.5 Å². The van der Waals surface area contributed by atoms with Gasteiger partial charge in [0.2, 0.25) is 0 Å². The van der Waals surface area contributed by atoms with E-state index in [1.54, 1.807) is 6.07 Å². The van der Waals surface area contributed by atoms with Crippen LogP contribution < -0.4 is 0 Å². The van der Waals surface area contributed by atoms with Crippen molar-refractivity contribution < 1.29 is 9.90 Å². The number of hydrogen-bond donors (Lipinski definition) is 1. The Morgan fingerprint density at radius 1 is 1.43 bits per heavy atom. The SMILES string of the molecule is CC(=O)C1(O)CC=Cc2ccccc21. The largest absolute Gasteiger partial charge is 0.377 e. The number of rotatable bonds is 1. The second kappa shape index (κ2) is 3.07. The fourth-order valence-electron chi connectivity index (χ4n) is 1.82. The van der Waals surface area contributed by atoms with Crippen LogP contribution in [-0.2, 0) is 10.4 Å². The van der Waals surface area contributed by atoms with E-state index in [0.29, 0.717) is 6.42 Å². The second-order valence-corrected chi connectivity index (χ2v) is 3.61. The van der Waals surface area contributed by atoms with Crippen molar-refractivity contribution in [3.8, 4) is 0 Å². The Morgan fingerprint density at radius 2 is 2.14 bits per heavy atom. The van der Waals surface area contributed by atoms with Crippen LogP contribution in [0.5, 0.6) is 0 Å². The minimum absolute atomic E-state index is 0.200. The van der Waals surface area contributed by atoms with Gasteiger partial charge in [-0.25, -0.2) is 0 Å². The van der Waals surface area contributed by atoms with Gasteiger partial charge < -0.3 is 5.11 Å². The van der Waals surface area contributed by atoms with Crippen molar-refractivity contribution >= 4 is 11.9 Å². The van der Waals surface area contributed by atoms with Gasteiger partial charge >= 0.3 is 0 Å². The number of benzene rings is 1. The van der Waals surface area contributed by atoms with Crippen LogP contribution in [0, 0.1) is 0 Å². The van der Waals surface area contributed by atoms with E-state index in [0.717, 1.165) is 11.1 Å². The third-order valence-corrected chi connectivity index (χ3v) is 2.70. The molecule has 1 aromatic rings. The van der Waals surface area contributed by atoms with Gasteiger partial charge in [-0.1, -0.05) is 36.4 Å². The summed E-state index contributed by atoms with van der Waals surface area (Å²) in [7, 11) is 0. The van der Waals surface area contributed by atoms with Crippen molar-refractivity contribution in [1.82, 2.24) is 0 Å². The Hall–Kier alpha value is -1.41. The molecule has 1 aromatic carbocycles. The molecule has 0 saturated carbocycles. The maximum atomic E-state index is 11.4. The van der Waals surface area contributed by atoms with Gasteiger partial charge in [0, 0.05) is 6.42 Å². The highest BCUT2D eigenvalue weighted by Gasteiger charge is 2.36. The first-order valence-electron chi connectivity index (χ1n) is 4.64. The first-order chi connectivity index (χ1) is 6.64. The predicted octanol–water partition coefficient (Wildman–Crippen LogP) is 1.88. The van der Waals surface area contributed by atoms with E-state index < -0.39 is 5.60 Å². The second-order valence-electron chi connectivity index (χ2n) is 3.61. The summed E-state index contributed by atoms with van der Waals surface area (Å²) in [4.78, 5) is 11.4. The summed E-state index contributed by atoms with van der Waals surface area (Å²) >= 11 is 0. The molecule has 72 valence electrons. The molecule has 0 amide bonds. The summed E-state index contributed by atoms with van der Waals surface area (Å²) in [6, 6.07) is 7.44. The number of hydrogen-bond acceptors (Lipinski definition) is 2. The Balaban J connectivity index is 2.61. The molecule has 1 unspecified atom stereocenters. The molecule has 0 spiro atoms. The van der Waals surface area contributed by atoms with Crippen molar-refractivity contribution in [2.45, 2.75) is 18.9 Å². The molecule has 1 aliphatic carbocycles. The molecule has 2 rings (SSSR count). The summed E-state index contributed by atoms with van der Waals surface area (Å²) in [6.45, 7) is 1.43. The summed E-state index contributed by atoms with van der Waals surface area (Å²) in [5.41, 5.74) is 0.331. The molecule has 1 N–H and O–H groups in total. The topological polar surface area (TPSA) is 37.3 Å². The van der Waals surface area contributed by atoms with Gasteiger partial charge in [-0.2, -0.15) is 0 Å². The van der Waals surface area contributed by atoms with E-state index in [2.05, 4.69) is 0 Å². The van der Waals surface area contributed by atoms with Gasteiger partial charge in [-0.05, 0) is 18.1 Å². The third-order valence-electron chi connectivity index (χ3n) is 2.70. The average Bonchev–Trinajstić information content (AvgIpc) is 2.18. The van der Waals surface area contributed by atoms with Crippen LogP contribution in [0.15, 0.2) is 30.3 Å². The van der Waals surface area contributed by atoms with Crippen LogP contribution in [-0.4, -0.2) is 10.9 Å². The average molecular weight is 188 g/mol. The van der Waals surface area contributed by atoms with Gasteiger partial charge in [0.05, 0.1) is 0 Å². The van der Waals surface area contributed by atoms with E-state index >= 15 is 0 Å². The molecule has 1 aliphatic rings. The van der Waals surface area contributed by atoms with E-state index in [9.17, 15) is 9.90 Å². The Morgan fingerprint density at radius 3 is 2.86 bits per heavy atom. The molecule has 0 aliphatic heterocycles. The van der Waals surface area contributed by atoms with E-state index in [1.165, 1.54) is 6.92 Å². The lowest BCUT2D eigenvalue weighted by Gasteiger charge is -2.28. The number of Topliss-reactive ketones (excluding diaryl/α,β-unsaturated/α-hetero) is 1. The third kappa shape index (κ3) is 1.19. The zero-order valence-corrected chi connectivity index (χ0v) is 8.03. The van der Waals surface area contributed by atoms with Gasteiger partial charge in [-0.15, -0.1) is 0 Å². The molecule has 2 heteroatoms. The molecular weight excluding hydrogens is 176 g/mol. The highest BCUT2D eigenvalue weighted by molar-refractivity contribution is 5.88. The van der Waals surface area contributed by atoms with Crippen LogP contribution in [0.3, 0.4) is 0 Å². The minimum atomic E-state index is -1.31. The number of fused-ring (bicyclic) bond motifs is 1. The van der Waals surface area contributed by atoms with Gasteiger partial charge in [0.1, 0.15) is 0 Å². The lowest BCUT2D eigenvalue weighted by molar-refractivity contribution is -0.135. The molecule has 0 saturated heterocycles. The van der Waals surface area contributed by atoms with Crippen LogP contribution in [0.2, 0.25) is 0 Å². The number of carbonyl (C=O) groups excluding carboxylic acids is 1. The minimum Gasteiger partial charge on any atom is -0.377 e. The number of carbonyl (C=O) groups is 1. The number of aliphatic hydroxyl groups is 1. The van der Waals surface area contributed by atoms with Crippen LogP contribution >= 0.6 is 0 Å². The highest BCUT2D eigenvalue weighted by atomic mass is 16.3. The summed E-state index contributed by atoms with van der Waals surface area (Å²) in [6.07, 6.45) is 4.15. The first-order valence-corrected chi connectivity index (χ1v) is 4.64. The first kappa shape index (κ1) is 9.16. The summed E-state index contributed by atoms with van der Waals surface area (Å²) in [5, 5.41) is 10.2. The van der Waals surface area contributed by atoms with Gasteiger partial charge in [0.25, 0.3) is 0 Å². The van der Waals surface area contributed by atoms with Crippen molar-refractivity contribution in [1.29, 1.82) is 0 Å². The lowest BCUT2D eigenvalue weighted by Crippen LogP contribution is -2.35. The van der Waals surface area contributed by atoms with Gasteiger partial charge in [-0.3, -0.25) is 4.79 Å². The molecule has 0 bridgehead atoms. The Kier molecular flexibility index (Phi) is 2.01. The highest BCUT2D eigenvalue weighted by Crippen LogP contribution is 2.33. The molecular formula is C12H12O2. The molecule has 0 fully saturated rings. The molecule has 1 atom stereocenters. The van der Waals surface area contributed by atoms with Crippen LogP contribution in [0.4, 0.5) is 0 Å². The Bertz CT molecular complexity index is 407. The van der Waals surface area contributed by atoms with Crippen molar-refractivity contribution in [3.63, 3.8) is 0 Å². The van der Waals surface area contributed by atoms with Crippen molar-refractivity contribution in [2.24, 2.45) is 0 Å². The zero-order chi connectivity index (χ0) is 10.2. The number of ketones is 1. The fraction of sp³-hybridized carbons (Fsp3) is 0.250. The fourth-order valence-corrected chi connectivity index (χ4v) is 1.82. The molecule has 14 heavy (non-hydrogen) atoms. The smallest absolute Gasteiger partial charge is 0.166 e. The maximum Gasteiger partial charge on any atom is 0.166 e. The van der Waals surface area contributed by atoms with E-state index in [4.69, 9.17) is 0 Å². The van der Waals surface area contributed by atoms with Crippen molar-refractivity contribution in [2.75, 3.05) is 0 Å². The van der Waals surface area contributed by atoms with Crippen LogP contribution in [0.25, 0.3) is 6.08 Å². The molecule has 2 nitrogen and oxygen atoms in total. The normalized spacial score (nSPS) is 24.4. The zero-order valence-electron chi connectivity index (χ0n) is 8.03. The lowest BCUT2D eigenvalue weighted by atomic mass is 9.80. The maximum absolute atomic E-state index is 11.4. The molecule has 0 aromatic heterocycles. The van der Waals surface area contributed by atoms with E-state index in [-0.39, 0.29) is 5.78 Å². The van der Waals surface area contributed by atoms with Gasteiger partial charge in [0.15, 0.2) is 11.4 Å². The standard InChI is InChI=1S/C12H12O2/c1-9(13)12(14)8-4-6-10-5-2-3-7-11(10)12/h2-7,14H,8H2,1H3. The summed E-state index contributed by atoms with van der Waals surface area (Å²) in [5.74, 6) is -0.200. The van der Waals surface area contributed by atoms with E-state index in [1.807, 2.05) is 30.4 Å². The predicted molar refractivity (Wildman–Crippen MR) is 54.7 cm³/mol. The quantitative estimate of drug-likeness (QED) is 0.730. The monoisotopic (exact) mass is 188 g/mol. The summed E-state index contributed by atoms with van der Waals surface area (Å²) < 4.78 is 0. The molecule has 0 radical (unpaired) electrons. The molecule has 0 heterocycles. The van der Waals surface area contributed by atoms with Crippen LogP contribution in [0.1, 0.15) is 24.5 Å². The Labute approximate surface area is 82.9 Å².